The molecule has 1 atom stereocenters. The number of carbonyl (C=O) groups is 3. The molecule has 0 aliphatic carbocycles. The molecule has 0 saturated carbocycles. The summed E-state index contributed by atoms with van der Waals surface area (Å²) in [6.45, 7) is 1.08. The number of imide groups is 1. The zero-order valence-corrected chi connectivity index (χ0v) is 12.1. The van der Waals surface area contributed by atoms with Gasteiger partial charge in [-0.2, -0.15) is 13.2 Å². The highest BCUT2D eigenvalue weighted by Crippen LogP contribution is 2.34. The lowest BCUT2D eigenvalue weighted by atomic mass is 9.90. The molecule has 1 fully saturated rings. The predicted octanol–water partition coefficient (Wildman–Crippen LogP) is 1.35. The van der Waals surface area contributed by atoms with E-state index in [0.29, 0.717) is 0 Å². The Kier molecular flexibility index (Phi) is 4.06. The molecule has 9 heteroatoms. The van der Waals surface area contributed by atoms with Crippen LogP contribution in [0.2, 0.25) is 0 Å². The molecular weight excluding hydrogens is 315 g/mol. The molecule has 0 aromatic heterocycles. The minimum atomic E-state index is -4.57. The summed E-state index contributed by atoms with van der Waals surface area (Å²) >= 11 is 0. The van der Waals surface area contributed by atoms with Crippen LogP contribution in [0.1, 0.15) is 24.5 Å². The van der Waals surface area contributed by atoms with Crippen molar-refractivity contribution in [3.8, 4) is 0 Å². The van der Waals surface area contributed by atoms with Crippen molar-refractivity contribution >= 4 is 17.8 Å². The predicted molar refractivity (Wildman–Crippen MR) is 72.9 cm³/mol. The van der Waals surface area contributed by atoms with Crippen molar-refractivity contribution in [1.29, 1.82) is 0 Å². The maximum absolute atomic E-state index is 12.8. The monoisotopic (exact) mass is 329 g/mol. The van der Waals surface area contributed by atoms with Gasteiger partial charge in [0.05, 0.1) is 5.56 Å². The van der Waals surface area contributed by atoms with E-state index >= 15 is 0 Å². The summed E-state index contributed by atoms with van der Waals surface area (Å²) in [5.41, 5.74) is 2.43. The van der Waals surface area contributed by atoms with Crippen LogP contribution < -0.4 is 11.1 Å². The second-order valence-electron chi connectivity index (χ2n) is 5.31. The molecule has 0 unspecified atom stereocenters. The second-order valence-corrected chi connectivity index (χ2v) is 5.31. The number of nitrogens with two attached hydrogens (primary N) is 1. The Morgan fingerprint density at radius 1 is 1.35 bits per heavy atom. The standard InChI is InChI=1S/C14H14F3N3O3/c1-13(8-3-2-4-9(7-8)14(15,16)17)11(22)20(12(23)19-13)6-5-10(18)21/h2-4,7H,5-6H2,1H3,(H2,18,21)(H,19,23)/t13-/m0/s1. The summed E-state index contributed by atoms with van der Waals surface area (Å²) in [6, 6.07) is 3.39. The van der Waals surface area contributed by atoms with Gasteiger partial charge in [-0.1, -0.05) is 12.1 Å². The van der Waals surface area contributed by atoms with Gasteiger partial charge in [0.2, 0.25) is 5.91 Å². The van der Waals surface area contributed by atoms with Gasteiger partial charge in [-0.05, 0) is 24.6 Å². The molecule has 0 bridgehead atoms. The molecule has 0 spiro atoms. The number of halogens is 3. The van der Waals surface area contributed by atoms with E-state index in [1.54, 1.807) is 0 Å². The number of hydrogen-bond donors (Lipinski definition) is 2. The van der Waals surface area contributed by atoms with E-state index in [1.165, 1.54) is 13.0 Å². The highest BCUT2D eigenvalue weighted by molar-refractivity contribution is 6.07. The SMILES string of the molecule is C[C@@]1(c2cccc(C(F)(F)F)c2)NC(=O)N(CCC(N)=O)C1=O. The number of amides is 4. The largest absolute Gasteiger partial charge is 0.416 e. The third-order valence-corrected chi connectivity index (χ3v) is 3.62. The number of urea groups is 1. The summed E-state index contributed by atoms with van der Waals surface area (Å²) in [5, 5.41) is 2.37. The van der Waals surface area contributed by atoms with Crippen LogP contribution in [0.4, 0.5) is 18.0 Å². The average molecular weight is 329 g/mol. The molecule has 1 saturated heterocycles. The maximum atomic E-state index is 12.8. The van der Waals surface area contributed by atoms with Crippen LogP contribution in [0.25, 0.3) is 0 Å². The smallest absolute Gasteiger partial charge is 0.370 e. The number of carbonyl (C=O) groups excluding carboxylic acids is 3. The second kappa shape index (κ2) is 5.56. The van der Waals surface area contributed by atoms with E-state index in [9.17, 15) is 27.6 Å². The zero-order valence-electron chi connectivity index (χ0n) is 12.1. The van der Waals surface area contributed by atoms with Gasteiger partial charge in [0.15, 0.2) is 0 Å². The van der Waals surface area contributed by atoms with E-state index in [-0.39, 0.29) is 18.5 Å². The third-order valence-electron chi connectivity index (χ3n) is 3.62. The Morgan fingerprint density at radius 3 is 2.57 bits per heavy atom. The van der Waals surface area contributed by atoms with Crippen molar-refractivity contribution < 1.29 is 27.6 Å². The highest BCUT2D eigenvalue weighted by atomic mass is 19.4. The average Bonchev–Trinajstić information content (AvgIpc) is 2.67. The first-order chi connectivity index (χ1) is 10.6. The quantitative estimate of drug-likeness (QED) is 0.817. The minimum absolute atomic E-state index is 0.00671. The topological polar surface area (TPSA) is 92.5 Å². The lowest BCUT2D eigenvalue weighted by molar-refractivity contribution is -0.138. The van der Waals surface area contributed by atoms with Crippen molar-refractivity contribution in [2.24, 2.45) is 5.73 Å². The van der Waals surface area contributed by atoms with E-state index in [0.717, 1.165) is 23.1 Å². The Morgan fingerprint density at radius 2 is 2.00 bits per heavy atom. The van der Waals surface area contributed by atoms with Gasteiger partial charge in [0.1, 0.15) is 5.54 Å². The van der Waals surface area contributed by atoms with Crippen molar-refractivity contribution in [3.05, 3.63) is 35.4 Å². The molecule has 124 valence electrons. The summed E-state index contributed by atoms with van der Waals surface area (Å²) in [4.78, 5) is 35.9. The van der Waals surface area contributed by atoms with Crippen LogP contribution in [-0.4, -0.2) is 29.3 Å². The lowest BCUT2D eigenvalue weighted by Crippen LogP contribution is -2.41. The van der Waals surface area contributed by atoms with Crippen LogP contribution in [0, 0.1) is 0 Å². The third kappa shape index (κ3) is 3.13. The van der Waals surface area contributed by atoms with Gasteiger partial charge in [-0.3, -0.25) is 14.5 Å². The maximum Gasteiger partial charge on any atom is 0.416 e. The van der Waals surface area contributed by atoms with Crippen LogP contribution >= 0.6 is 0 Å². The minimum Gasteiger partial charge on any atom is -0.370 e. The summed E-state index contributed by atoms with van der Waals surface area (Å²) in [6.07, 6.45) is -4.79. The molecule has 6 nitrogen and oxygen atoms in total. The lowest BCUT2D eigenvalue weighted by Gasteiger charge is -2.23. The molecular formula is C14H14F3N3O3. The summed E-state index contributed by atoms with van der Waals surface area (Å²) in [5.74, 6) is -1.43. The summed E-state index contributed by atoms with van der Waals surface area (Å²) in [7, 11) is 0. The number of hydrogen-bond acceptors (Lipinski definition) is 3. The zero-order chi connectivity index (χ0) is 17.4. The molecule has 1 aliphatic rings. The van der Waals surface area contributed by atoms with Crippen LogP contribution in [0.3, 0.4) is 0 Å². The molecule has 23 heavy (non-hydrogen) atoms. The fourth-order valence-corrected chi connectivity index (χ4v) is 2.32. The van der Waals surface area contributed by atoms with Crippen molar-refractivity contribution in [1.82, 2.24) is 10.2 Å². The van der Waals surface area contributed by atoms with Crippen molar-refractivity contribution in [2.45, 2.75) is 25.1 Å². The molecule has 0 radical (unpaired) electrons. The van der Waals surface area contributed by atoms with E-state index in [4.69, 9.17) is 5.73 Å². The molecule has 3 N–H and O–H groups in total. The normalized spacial score (nSPS) is 21.5. The molecule has 1 aliphatic heterocycles. The number of alkyl halides is 3. The Labute approximate surface area is 129 Å². The summed E-state index contributed by atoms with van der Waals surface area (Å²) < 4.78 is 38.4. The number of benzene rings is 1. The molecule has 1 heterocycles. The molecule has 1 aromatic carbocycles. The van der Waals surface area contributed by atoms with E-state index in [2.05, 4.69) is 5.32 Å². The first-order valence-electron chi connectivity index (χ1n) is 6.66. The highest BCUT2D eigenvalue weighted by Gasteiger charge is 2.49. The van der Waals surface area contributed by atoms with Crippen LogP contribution in [-0.2, 0) is 21.3 Å². The van der Waals surface area contributed by atoms with Crippen LogP contribution in [0.5, 0.6) is 0 Å². The van der Waals surface area contributed by atoms with Gasteiger partial charge in [0.25, 0.3) is 5.91 Å². The molecule has 2 rings (SSSR count). The fraction of sp³-hybridized carbons (Fsp3) is 0.357. The fourth-order valence-electron chi connectivity index (χ4n) is 2.32. The Balaban J connectivity index is 2.34. The van der Waals surface area contributed by atoms with Gasteiger partial charge in [-0.15, -0.1) is 0 Å². The van der Waals surface area contributed by atoms with Gasteiger partial charge >= 0.3 is 12.2 Å². The number of nitrogens with zero attached hydrogens (tertiary/aromatic N) is 1. The van der Waals surface area contributed by atoms with Crippen LogP contribution in [0.15, 0.2) is 24.3 Å². The van der Waals surface area contributed by atoms with Gasteiger partial charge < -0.3 is 11.1 Å². The Bertz CT molecular complexity index is 675. The van der Waals surface area contributed by atoms with E-state index in [1.807, 2.05) is 0 Å². The van der Waals surface area contributed by atoms with Crippen molar-refractivity contribution in [2.75, 3.05) is 6.54 Å². The molecule has 1 aromatic rings. The number of rotatable bonds is 4. The Hall–Kier alpha value is -2.58. The molecule has 4 amide bonds. The number of primary amides is 1. The number of nitrogens with one attached hydrogen (secondary N) is 1. The van der Waals surface area contributed by atoms with Crippen molar-refractivity contribution in [3.63, 3.8) is 0 Å². The van der Waals surface area contributed by atoms with Gasteiger partial charge in [0, 0.05) is 13.0 Å². The van der Waals surface area contributed by atoms with E-state index < -0.39 is 35.1 Å². The first-order valence-corrected chi connectivity index (χ1v) is 6.66. The van der Waals surface area contributed by atoms with Gasteiger partial charge in [-0.25, -0.2) is 4.79 Å². The first kappa shape index (κ1) is 16.8.